The number of benzene rings is 1. The molecule has 1 heterocycles. The molecule has 0 amide bonds. The number of rotatable bonds is 1. The van der Waals surface area contributed by atoms with Crippen molar-refractivity contribution in [3.05, 3.63) is 30.6 Å². The van der Waals surface area contributed by atoms with Crippen LogP contribution in [0.2, 0.25) is 0 Å². The number of aromatic nitrogens is 2. The molecule has 3 nitrogen and oxygen atoms in total. The maximum Gasteiger partial charge on any atom is 0.0575 e. The molecule has 2 aromatic rings. The van der Waals surface area contributed by atoms with Crippen molar-refractivity contribution in [2.24, 2.45) is 0 Å². The smallest absolute Gasteiger partial charge is 0.0575 e. The van der Waals surface area contributed by atoms with E-state index in [0.717, 1.165) is 16.5 Å². The van der Waals surface area contributed by atoms with E-state index in [1.807, 2.05) is 18.2 Å². The summed E-state index contributed by atoms with van der Waals surface area (Å²) in [4.78, 5) is 0. The van der Waals surface area contributed by atoms with Gasteiger partial charge >= 0.3 is 0 Å². The van der Waals surface area contributed by atoms with Gasteiger partial charge in [0.1, 0.15) is 0 Å². The first-order valence-electron chi connectivity index (χ1n) is 3.47. The number of hydrogen-bond acceptors (Lipinski definition) is 3. The zero-order valence-corrected chi connectivity index (χ0v) is 8.32. The molecule has 0 radical (unpaired) electrons. The van der Waals surface area contributed by atoms with Crippen molar-refractivity contribution in [1.82, 2.24) is 10.2 Å². The minimum absolute atomic E-state index is 1.08. The normalized spacial score (nSPS) is 10.1. The Morgan fingerprint density at radius 3 is 2.58 bits per heavy atom. The van der Waals surface area contributed by atoms with Crippen molar-refractivity contribution in [3.8, 4) is 0 Å². The molecule has 2 rings (SSSR count). The summed E-state index contributed by atoms with van der Waals surface area (Å²) < 4.78 is 3.04. The summed E-state index contributed by atoms with van der Waals surface area (Å²) >= 11 is 2.10. The Kier molecular flexibility index (Phi) is 2.07. The minimum atomic E-state index is 1.08. The summed E-state index contributed by atoms with van der Waals surface area (Å²) in [6, 6.07) is 6.07. The molecular weight excluding hydrogens is 265 g/mol. The van der Waals surface area contributed by atoms with Crippen LogP contribution in [0.1, 0.15) is 0 Å². The number of nitrogens with zero attached hydrogens (tertiary/aromatic N) is 2. The first-order chi connectivity index (χ1) is 5.90. The molecule has 0 saturated carbocycles. The van der Waals surface area contributed by atoms with Crippen molar-refractivity contribution in [2.75, 3.05) is 3.53 Å². The van der Waals surface area contributed by atoms with E-state index < -0.39 is 0 Å². The lowest BCUT2D eigenvalue weighted by molar-refractivity contribution is 1.05. The van der Waals surface area contributed by atoms with Crippen LogP contribution in [0.5, 0.6) is 0 Å². The van der Waals surface area contributed by atoms with Crippen LogP contribution in [0.3, 0.4) is 0 Å². The Labute approximate surface area is 83.7 Å². The predicted octanol–water partition coefficient (Wildman–Crippen LogP) is 2.39. The van der Waals surface area contributed by atoms with Gasteiger partial charge in [0.05, 0.1) is 35.3 Å². The van der Waals surface area contributed by atoms with Crippen molar-refractivity contribution >= 4 is 39.3 Å². The quantitative estimate of drug-likeness (QED) is 0.639. The van der Waals surface area contributed by atoms with Crippen LogP contribution in [0, 0.1) is 0 Å². The molecule has 60 valence electrons. The SMILES string of the molecule is INc1ccc2cnncc2c1. The van der Waals surface area contributed by atoms with E-state index in [4.69, 9.17) is 0 Å². The second-order valence-electron chi connectivity index (χ2n) is 2.43. The highest BCUT2D eigenvalue weighted by Gasteiger charge is 1.93. The Morgan fingerprint density at radius 2 is 1.83 bits per heavy atom. The van der Waals surface area contributed by atoms with E-state index >= 15 is 0 Å². The Balaban J connectivity index is 2.67. The maximum absolute atomic E-state index is 3.81. The number of halogens is 1. The highest BCUT2D eigenvalue weighted by molar-refractivity contribution is 14.1. The minimum Gasteiger partial charge on any atom is -0.328 e. The molecule has 1 N–H and O–H groups in total. The molecule has 0 aliphatic rings. The Morgan fingerprint density at radius 1 is 1.08 bits per heavy atom. The molecule has 0 unspecified atom stereocenters. The summed E-state index contributed by atoms with van der Waals surface area (Å²) in [6.07, 6.45) is 3.51. The summed E-state index contributed by atoms with van der Waals surface area (Å²) in [5.41, 5.74) is 1.08. The van der Waals surface area contributed by atoms with Crippen molar-refractivity contribution in [2.45, 2.75) is 0 Å². The van der Waals surface area contributed by atoms with Gasteiger partial charge in [-0.2, -0.15) is 10.2 Å². The van der Waals surface area contributed by atoms with E-state index in [2.05, 4.69) is 36.6 Å². The van der Waals surface area contributed by atoms with Crippen LogP contribution in [-0.4, -0.2) is 10.2 Å². The molecule has 1 aromatic carbocycles. The zero-order valence-electron chi connectivity index (χ0n) is 6.16. The highest BCUT2D eigenvalue weighted by Crippen LogP contribution is 2.17. The van der Waals surface area contributed by atoms with Crippen molar-refractivity contribution in [3.63, 3.8) is 0 Å². The van der Waals surface area contributed by atoms with Gasteiger partial charge < -0.3 is 3.53 Å². The largest absolute Gasteiger partial charge is 0.328 e. The number of fused-ring (bicyclic) bond motifs is 1. The molecule has 0 spiro atoms. The lowest BCUT2D eigenvalue weighted by atomic mass is 10.2. The Hall–Kier alpha value is -0.910. The molecular formula is C8H6IN3. The molecule has 4 heteroatoms. The van der Waals surface area contributed by atoms with Gasteiger partial charge in [-0.25, -0.2) is 0 Å². The van der Waals surface area contributed by atoms with Gasteiger partial charge in [-0.05, 0) is 12.1 Å². The summed E-state index contributed by atoms with van der Waals surface area (Å²) in [7, 11) is 0. The van der Waals surface area contributed by atoms with Crippen LogP contribution in [0.25, 0.3) is 10.8 Å². The predicted molar refractivity (Wildman–Crippen MR) is 57.2 cm³/mol. The molecule has 0 saturated heterocycles. The van der Waals surface area contributed by atoms with E-state index in [1.54, 1.807) is 12.4 Å². The van der Waals surface area contributed by atoms with E-state index in [-0.39, 0.29) is 0 Å². The van der Waals surface area contributed by atoms with Gasteiger partial charge in [0, 0.05) is 16.5 Å². The molecule has 0 atom stereocenters. The number of hydrogen-bond donors (Lipinski definition) is 1. The average molecular weight is 271 g/mol. The third-order valence-corrected chi connectivity index (χ3v) is 2.28. The highest BCUT2D eigenvalue weighted by atomic mass is 127. The molecule has 12 heavy (non-hydrogen) atoms. The van der Waals surface area contributed by atoms with Gasteiger partial charge in [-0.15, -0.1) is 0 Å². The first-order valence-corrected chi connectivity index (χ1v) is 4.55. The third kappa shape index (κ3) is 1.34. The van der Waals surface area contributed by atoms with Crippen LogP contribution in [0.15, 0.2) is 30.6 Å². The molecule has 1 aromatic heterocycles. The second-order valence-corrected chi connectivity index (χ2v) is 2.97. The van der Waals surface area contributed by atoms with E-state index in [1.165, 1.54) is 0 Å². The monoisotopic (exact) mass is 271 g/mol. The lowest BCUT2D eigenvalue weighted by Gasteiger charge is -1.99. The lowest BCUT2D eigenvalue weighted by Crippen LogP contribution is -1.82. The second kappa shape index (κ2) is 3.22. The molecule has 0 fully saturated rings. The topological polar surface area (TPSA) is 37.8 Å². The number of anilines is 1. The van der Waals surface area contributed by atoms with Crippen LogP contribution >= 0.6 is 22.9 Å². The van der Waals surface area contributed by atoms with Gasteiger partial charge in [0.2, 0.25) is 0 Å². The average Bonchev–Trinajstić information content (AvgIpc) is 2.17. The van der Waals surface area contributed by atoms with Crippen molar-refractivity contribution < 1.29 is 0 Å². The molecule has 0 bridgehead atoms. The third-order valence-electron chi connectivity index (χ3n) is 1.66. The zero-order chi connectivity index (χ0) is 8.39. The summed E-state index contributed by atoms with van der Waals surface area (Å²) in [6.45, 7) is 0. The van der Waals surface area contributed by atoms with Crippen LogP contribution in [0.4, 0.5) is 5.69 Å². The maximum atomic E-state index is 3.81. The van der Waals surface area contributed by atoms with Crippen LogP contribution < -0.4 is 3.53 Å². The summed E-state index contributed by atoms with van der Waals surface area (Å²) in [5.74, 6) is 0. The fourth-order valence-electron chi connectivity index (χ4n) is 1.05. The fraction of sp³-hybridized carbons (Fsp3) is 0. The van der Waals surface area contributed by atoms with E-state index in [9.17, 15) is 0 Å². The summed E-state index contributed by atoms with van der Waals surface area (Å²) in [5, 5.41) is 9.82. The van der Waals surface area contributed by atoms with E-state index in [0.29, 0.717) is 0 Å². The molecule has 0 aliphatic heterocycles. The molecule has 0 aliphatic carbocycles. The van der Waals surface area contributed by atoms with Gasteiger partial charge in [-0.1, -0.05) is 6.07 Å². The van der Waals surface area contributed by atoms with Crippen LogP contribution in [-0.2, 0) is 0 Å². The first kappa shape index (κ1) is 7.72. The fourth-order valence-corrected chi connectivity index (χ4v) is 1.39. The van der Waals surface area contributed by atoms with Gasteiger partial charge in [0.25, 0.3) is 0 Å². The van der Waals surface area contributed by atoms with Gasteiger partial charge in [-0.3, -0.25) is 0 Å². The standard InChI is InChI=1S/C8H6IN3/c9-12-8-2-1-6-4-10-11-5-7(6)3-8/h1-5,12H. The Bertz CT molecular complexity index is 402. The number of nitrogens with one attached hydrogen (secondary N) is 1. The van der Waals surface area contributed by atoms with Crippen molar-refractivity contribution in [1.29, 1.82) is 0 Å². The van der Waals surface area contributed by atoms with Gasteiger partial charge in [0.15, 0.2) is 0 Å².